The van der Waals surface area contributed by atoms with Crippen LogP contribution in [0.1, 0.15) is 6.92 Å². The number of rotatable bonds is 12. The van der Waals surface area contributed by atoms with E-state index < -0.39 is 74.6 Å². The summed E-state index contributed by atoms with van der Waals surface area (Å²) < 4.78 is 33.0. The Hall–Kier alpha value is -0.590. The maximum absolute atomic E-state index is 10.7. The average molecular weight is 502 g/mol. The molecule has 194 valence electrons. The van der Waals surface area contributed by atoms with Gasteiger partial charge in [-0.15, -0.1) is 0 Å². The second kappa shape index (κ2) is 14.1. The van der Waals surface area contributed by atoms with Crippen molar-refractivity contribution in [2.45, 2.75) is 68.3 Å². The Morgan fingerprint density at radius 2 is 1.48 bits per heavy atom. The van der Waals surface area contributed by atoms with Gasteiger partial charge < -0.3 is 64.4 Å². The molecule has 0 aliphatic carbocycles. The van der Waals surface area contributed by atoms with Crippen LogP contribution in [0.2, 0.25) is 0 Å². The van der Waals surface area contributed by atoms with E-state index in [-0.39, 0.29) is 18.3 Å². The molecule has 13 nitrogen and oxygen atoms in total. The van der Waals surface area contributed by atoms with Gasteiger partial charge in [0.15, 0.2) is 23.7 Å². The van der Waals surface area contributed by atoms with Crippen LogP contribution < -0.4 is 5.32 Å². The molecule has 33 heavy (non-hydrogen) atoms. The third-order valence-electron chi connectivity index (χ3n) is 5.25. The minimum atomic E-state index is -1.59. The van der Waals surface area contributed by atoms with Gasteiger partial charge in [-0.3, -0.25) is 0 Å². The Kier molecular flexibility index (Phi) is 12.2. The third-order valence-corrected chi connectivity index (χ3v) is 5.34. The van der Waals surface area contributed by atoms with Crippen LogP contribution in [0.15, 0.2) is 0 Å². The van der Waals surface area contributed by atoms with E-state index in [1.54, 1.807) is 7.05 Å². The molecule has 0 amide bonds. The smallest absolute Gasteiger partial charge is 0.188 e. The zero-order valence-electron chi connectivity index (χ0n) is 18.6. The molecule has 2 saturated heterocycles. The normalized spacial score (nSPS) is 39.4. The van der Waals surface area contributed by atoms with Crippen LogP contribution >= 0.6 is 12.2 Å². The van der Waals surface area contributed by atoms with E-state index in [1.807, 2.05) is 0 Å². The Bertz CT molecular complexity index is 589. The lowest BCUT2D eigenvalue weighted by Gasteiger charge is -2.46. The first-order valence-corrected chi connectivity index (χ1v) is 11.1. The number of hydrogen-bond acceptors (Lipinski definition) is 14. The van der Waals surface area contributed by atoms with Crippen molar-refractivity contribution in [3.05, 3.63) is 0 Å². The number of thiocarbonyl (C=S) groups is 1. The van der Waals surface area contributed by atoms with Crippen LogP contribution in [0, 0.1) is 0 Å². The summed E-state index contributed by atoms with van der Waals surface area (Å²) in [5.41, 5.74) is 0. The van der Waals surface area contributed by atoms with Gasteiger partial charge in [0.2, 0.25) is 0 Å². The molecule has 14 heteroatoms. The van der Waals surface area contributed by atoms with Gasteiger partial charge in [-0.1, -0.05) is 0 Å². The van der Waals surface area contributed by atoms with Gasteiger partial charge in [0.05, 0.1) is 33.0 Å². The lowest BCUT2D eigenvalue weighted by molar-refractivity contribution is -0.366. The summed E-state index contributed by atoms with van der Waals surface area (Å²) in [6, 6.07) is 0. The molecule has 0 spiro atoms. The number of aliphatic hydroxyl groups excluding tert-OH is 6. The maximum Gasteiger partial charge on any atom is 0.188 e. The summed E-state index contributed by atoms with van der Waals surface area (Å²) in [5.74, 6) is 0. The highest BCUT2D eigenvalue weighted by atomic mass is 32.1. The van der Waals surface area contributed by atoms with Crippen LogP contribution in [-0.4, -0.2) is 144 Å². The highest BCUT2D eigenvalue weighted by Gasteiger charge is 2.51. The van der Waals surface area contributed by atoms with E-state index in [4.69, 9.17) is 40.6 Å². The Balaban J connectivity index is 2.11. The van der Waals surface area contributed by atoms with E-state index in [0.29, 0.717) is 13.2 Å². The molecule has 0 aromatic heterocycles. The van der Waals surface area contributed by atoms with Crippen molar-refractivity contribution in [3.8, 4) is 0 Å². The zero-order chi connectivity index (χ0) is 24.5. The lowest BCUT2D eigenvalue weighted by atomic mass is 9.97. The fraction of sp³-hybridized carbons (Fsp3) is 0.947. The fourth-order valence-corrected chi connectivity index (χ4v) is 3.60. The molecular weight excluding hydrogens is 466 g/mol. The number of aliphatic hydroxyl groups is 6. The average Bonchev–Trinajstić information content (AvgIpc) is 2.79. The molecule has 2 heterocycles. The second-order valence-corrected chi connectivity index (χ2v) is 8.25. The first-order valence-electron chi connectivity index (χ1n) is 10.7. The molecule has 7 N–H and O–H groups in total. The van der Waals surface area contributed by atoms with Gasteiger partial charge >= 0.3 is 0 Å². The van der Waals surface area contributed by atoms with E-state index >= 15 is 0 Å². The summed E-state index contributed by atoms with van der Waals surface area (Å²) in [6.45, 7) is 1.56. The van der Waals surface area contributed by atoms with Crippen molar-refractivity contribution >= 4 is 17.3 Å². The summed E-state index contributed by atoms with van der Waals surface area (Å²) in [5, 5.41) is 63.8. The zero-order valence-corrected chi connectivity index (χ0v) is 19.4. The summed E-state index contributed by atoms with van der Waals surface area (Å²) in [7, 11) is 1.78. The molecule has 2 aliphatic rings. The molecule has 10 atom stereocenters. The van der Waals surface area contributed by atoms with E-state index in [2.05, 4.69) is 5.32 Å². The van der Waals surface area contributed by atoms with E-state index in [1.165, 1.54) is 6.92 Å². The Labute approximate surface area is 197 Å². The van der Waals surface area contributed by atoms with Gasteiger partial charge in [0, 0.05) is 13.5 Å². The molecule has 0 radical (unpaired) electrons. The molecule has 2 fully saturated rings. The first-order chi connectivity index (χ1) is 15.7. The van der Waals surface area contributed by atoms with Crippen LogP contribution in [0.5, 0.6) is 0 Å². The van der Waals surface area contributed by atoms with Gasteiger partial charge in [0.1, 0.15) is 42.7 Å². The van der Waals surface area contributed by atoms with E-state index in [9.17, 15) is 30.6 Å². The predicted octanol–water partition coefficient (Wildman–Crippen LogP) is -3.77. The van der Waals surface area contributed by atoms with Gasteiger partial charge in [-0.2, -0.15) is 0 Å². The molecule has 0 aromatic carbocycles. The molecule has 0 bridgehead atoms. The maximum atomic E-state index is 10.7. The van der Waals surface area contributed by atoms with Gasteiger partial charge in [0.25, 0.3) is 0 Å². The molecule has 0 saturated carbocycles. The fourth-order valence-electron chi connectivity index (χ4n) is 3.49. The van der Waals surface area contributed by atoms with Crippen LogP contribution in [0.25, 0.3) is 0 Å². The quantitative estimate of drug-likeness (QED) is 0.102. The largest absolute Gasteiger partial charge is 0.478 e. The summed E-state index contributed by atoms with van der Waals surface area (Å²) in [4.78, 5) is 0. The second-order valence-electron chi connectivity index (χ2n) is 7.67. The first kappa shape index (κ1) is 28.6. The van der Waals surface area contributed by atoms with Crippen molar-refractivity contribution in [2.75, 3.05) is 46.6 Å². The Morgan fingerprint density at radius 1 is 0.848 bits per heavy atom. The standard InChI is InChI=1S/C19H35NO12S/c1-9(33)29-16-13(24)11(8-22)30-18(15(16)26)32-17-14(25)12(23)10(7-21)31-19(17)28-6-5-27-4-3-20-2/h10-26H,3-8H2,1-2H3/t10-,11+,12+,13+,14-,15-,16+,17-,18+,19?/m0/s1. The number of likely N-dealkylation sites (N-methyl/N-ethyl adjacent to an activating group) is 1. The minimum Gasteiger partial charge on any atom is -0.478 e. The summed E-state index contributed by atoms with van der Waals surface area (Å²) >= 11 is 4.88. The lowest BCUT2D eigenvalue weighted by Crippen LogP contribution is -2.65. The molecule has 2 aliphatic heterocycles. The molecular formula is C19H35NO12S. The van der Waals surface area contributed by atoms with Crippen LogP contribution in [-0.2, 0) is 28.4 Å². The van der Waals surface area contributed by atoms with Crippen molar-refractivity contribution in [1.29, 1.82) is 0 Å². The number of ether oxygens (including phenoxy) is 6. The number of nitrogens with one attached hydrogen (secondary N) is 1. The highest BCUT2D eigenvalue weighted by Crippen LogP contribution is 2.30. The number of hydrogen-bond donors (Lipinski definition) is 7. The van der Waals surface area contributed by atoms with Crippen LogP contribution in [0.4, 0.5) is 0 Å². The van der Waals surface area contributed by atoms with Gasteiger partial charge in [-0.05, 0) is 19.3 Å². The third kappa shape index (κ3) is 7.70. The van der Waals surface area contributed by atoms with E-state index in [0.717, 1.165) is 0 Å². The molecule has 1 unspecified atom stereocenters. The van der Waals surface area contributed by atoms with Crippen LogP contribution in [0.3, 0.4) is 0 Å². The minimum absolute atomic E-state index is 0.0388. The van der Waals surface area contributed by atoms with Crippen molar-refractivity contribution < 1.29 is 59.1 Å². The summed E-state index contributed by atoms with van der Waals surface area (Å²) in [6.07, 6.45) is -13.9. The predicted molar refractivity (Wildman–Crippen MR) is 114 cm³/mol. The molecule has 0 aromatic rings. The Morgan fingerprint density at radius 3 is 2.09 bits per heavy atom. The topological polar surface area (TPSA) is 189 Å². The highest BCUT2D eigenvalue weighted by molar-refractivity contribution is 7.80. The van der Waals surface area contributed by atoms with Crippen molar-refractivity contribution in [3.63, 3.8) is 0 Å². The van der Waals surface area contributed by atoms with Crippen molar-refractivity contribution in [1.82, 2.24) is 5.32 Å². The SMILES string of the molecule is CNCCOCCOC1O[C@@H](CO)[C@@H](O)[C@H](O)[C@@H]1O[C@H]1O[C@H](CO)[C@@H](O)[C@@H](OC(C)=S)[C@@H]1O. The molecule has 2 rings (SSSR count). The van der Waals surface area contributed by atoms with Crippen molar-refractivity contribution in [2.24, 2.45) is 0 Å². The van der Waals surface area contributed by atoms with Gasteiger partial charge in [-0.25, -0.2) is 0 Å². The monoisotopic (exact) mass is 501 g/mol.